The molecule has 9 nitrogen and oxygen atoms in total. The van der Waals surface area contributed by atoms with Crippen LogP contribution in [-0.4, -0.2) is 57.0 Å². The summed E-state index contributed by atoms with van der Waals surface area (Å²) in [5.74, 6) is -0.196. The van der Waals surface area contributed by atoms with Crippen molar-refractivity contribution < 1.29 is 32.7 Å². The molecule has 0 aliphatic carbocycles. The second-order valence-electron chi connectivity index (χ2n) is 7.95. The van der Waals surface area contributed by atoms with Gasteiger partial charge in [0, 0.05) is 36.0 Å². The molecule has 0 amide bonds. The molecular formula is C25H25Cl3N2O7S. The van der Waals surface area contributed by atoms with Crippen LogP contribution in [-0.2, 0) is 36.4 Å². The number of carbonyl (C=O) groups is 2. The number of ether oxygens (including phenoxy) is 4. The topological polar surface area (TPSA) is 106 Å². The smallest absolute Gasteiger partial charge is 0.303 e. The molecule has 0 radical (unpaired) electrons. The average Bonchev–Trinajstić information content (AvgIpc) is 3.38. The maximum absolute atomic E-state index is 13.1. The number of imidazole rings is 1. The Labute approximate surface area is 237 Å². The largest absolute Gasteiger partial charge is 0.490 e. The van der Waals surface area contributed by atoms with Crippen LogP contribution in [0.2, 0.25) is 10.0 Å². The van der Waals surface area contributed by atoms with Crippen molar-refractivity contribution in [3.8, 4) is 11.5 Å². The van der Waals surface area contributed by atoms with Gasteiger partial charge in [0.25, 0.3) is 0 Å². The summed E-state index contributed by atoms with van der Waals surface area (Å²) >= 11 is 18.5. The van der Waals surface area contributed by atoms with E-state index in [0.29, 0.717) is 22.1 Å². The number of alkyl halides is 1. The van der Waals surface area contributed by atoms with Gasteiger partial charge in [0.15, 0.2) is 11.9 Å². The summed E-state index contributed by atoms with van der Waals surface area (Å²) in [6.07, 6.45) is 3.82. The monoisotopic (exact) mass is 602 g/mol. The summed E-state index contributed by atoms with van der Waals surface area (Å²) in [4.78, 5) is 27.4. The predicted octanol–water partition coefficient (Wildman–Crippen LogP) is 4.92. The van der Waals surface area contributed by atoms with Gasteiger partial charge in [0.05, 0.1) is 39.6 Å². The second-order valence-corrected chi connectivity index (χ2v) is 10.6. The molecule has 3 aromatic rings. The number of hydrogen-bond donors (Lipinski definition) is 0. The van der Waals surface area contributed by atoms with Gasteiger partial charge in [-0.3, -0.25) is 9.59 Å². The van der Waals surface area contributed by atoms with Gasteiger partial charge >= 0.3 is 11.9 Å². The maximum atomic E-state index is 13.1. The summed E-state index contributed by atoms with van der Waals surface area (Å²) in [6, 6.07) is 9.61. The zero-order valence-corrected chi connectivity index (χ0v) is 23.6. The van der Waals surface area contributed by atoms with Crippen molar-refractivity contribution in [2.75, 3.05) is 19.1 Å². The molecule has 3 rings (SSSR count). The van der Waals surface area contributed by atoms with Crippen LogP contribution in [0.15, 0.2) is 64.9 Å². The highest BCUT2D eigenvalue weighted by molar-refractivity contribution is 7.85. The van der Waals surface area contributed by atoms with Gasteiger partial charge in [0.1, 0.15) is 25.1 Å². The first-order valence-corrected chi connectivity index (χ1v) is 13.7. The van der Waals surface area contributed by atoms with E-state index >= 15 is 0 Å². The zero-order valence-electron chi connectivity index (χ0n) is 20.5. The Hall–Kier alpha value is -2.79. The lowest BCUT2D eigenvalue weighted by molar-refractivity contribution is -0.148. The molecule has 2 unspecified atom stereocenters. The number of nitrogens with zero attached hydrogens (tertiary/aromatic N) is 2. The van der Waals surface area contributed by atoms with Gasteiger partial charge in [0.2, 0.25) is 0 Å². The third-order valence-electron chi connectivity index (χ3n) is 4.88. The fraction of sp³-hybridized carbons (Fsp3) is 0.320. The van der Waals surface area contributed by atoms with E-state index in [2.05, 4.69) is 4.98 Å². The first-order valence-electron chi connectivity index (χ1n) is 11.3. The molecule has 0 saturated carbocycles. The standard InChI is InChI=1S/C25H25Cl3N2O7S/c1-16(31)36-19(11-26)13-35-25-23(27)9-22(10-24(25)28)38(33)21-5-3-18(4-6-21)34-14-20(37-17(2)32)12-30-8-7-29-15-30/h3-10,15,19-20H,11-14H2,1-2H3/t19?,20-,38?/m1/s1. The number of esters is 2. The van der Waals surface area contributed by atoms with Crippen LogP contribution in [0, 0.1) is 0 Å². The molecule has 0 fully saturated rings. The van der Waals surface area contributed by atoms with Crippen molar-refractivity contribution in [1.82, 2.24) is 9.55 Å². The van der Waals surface area contributed by atoms with Crippen molar-refractivity contribution >= 4 is 57.5 Å². The lowest BCUT2D eigenvalue weighted by atomic mass is 10.3. The minimum absolute atomic E-state index is 0.0334. The first kappa shape index (κ1) is 29.8. The van der Waals surface area contributed by atoms with E-state index in [0.717, 1.165) is 0 Å². The number of rotatable bonds is 13. The second kappa shape index (κ2) is 14.4. The number of carbonyl (C=O) groups excluding carboxylic acids is 2. The van der Waals surface area contributed by atoms with Crippen molar-refractivity contribution in [1.29, 1.82) is 0 Å². The first-order chi connectivity index (χ1) is 18.2. The third kappa shape index (κ3) is 8.90. The Morgan fingerprint density at radius 2 is 1.55 bits per heavy atom. The minimum atomic E-state index is -1.60. The lowest BCUT2D eigenvalue weighted by Crippen LogP contribution is -2.28. The van der Waals surface area contributed by atoms with Gasteiger partial charge in [-0.05, 0) is 36.4 Å². The average molecular weight is 604 g/mol. The van der Waals surface area contributed by atoms with E-state index in [1.54, 1.807) is 47.6 Å². The Bertz CT molecular complexity index is 1230. The number of hydrogen-bond acceptors (Lipinski definition) is 8. The van der Waals surface area contributed by atoms with E-state index in [9.17, 15) is 13.8 Å². The molecule has 1 heterocycles. The molecule has 0 aliphatic heterocycles. The van der Waals surface area contributed by atoms with Crippen LogP contribution >= 0.6 is 34.8 Å². The molecule has 13 heteroatoms. The lowest BCUT2D eigenvalue weighted by Gasteiger charge is -2.18. The fourth-order valence-electron chi connectivity index (χ4n) is 3.28. The Balaban J connectivity index is 1.63. The van der Waals surface area contributed by atoms with Crippen LogP contribution in [0.4, 0.5) is 0 Å². The van der Waals surface area contributed by atoms with Crippen molar-refractivity contribution in [3.63, 3.8) is 0 Å². The highest BCUT2D eigenvalue weighted by Crippen LogP contribution is 2.36. The normalized spacial score (nSPS) is 13.3. The van der Waals surface area contributed by atoms with Gasteiger partial charge in [-0.15, -0.1) is 11.6 Å². The number of benzene rings is 2. The molecule has 38 heavy (non-hydrogen) atoms. The summed E-state index contributed by atoms with van der Waals surface area (Å²) in [5, 5.41) is 0.290. The molecule has 204 valence electrons. The quantitative estimate of drug-likeness (QED) is 0.200. The summed E-state index contributed by atoms with van der Waals surface area (Å²) < 4.78 is 36.7. The Morgan fingerprint density at radius 1 is 0.947 bits per heavy atom. The molecular weight excluding hydrogens is 579 g/mol. The van der Waals surface area contributed by atoms with E-state index < -0.39 is 34.9 Å². The molecule has 2 aromatic carbocycles. The molecule has 0 saturated heterocycles. The minimum Gasteiger partial charge on any atom is -0.490 e. The molecule has 0 N–H and O–H groups in total. The molecule has 0 aliphatic rings. The summed E-state index contributed by atoms with van der Waals surface area (Å²) in [7, 11) is -1.60. The Morgan fingerprint density at radius 3 is 2.11 bits per heavy atom. The molecule has 0 bridgehead atoms. The van der Waals surface area contributed by atoms with E-state index in [4.69, 9.17) is 53.8 Å². The van der Waals surface area contributed by atoms with Crippen LogP contribution in [0.3, 0.4) is 0 Å². The number of halogens is 3. The molecule has 3 atom stereocenters. The van der Waals surface area contributed by atoms with Crippen molar-refractivity contribution in [2.24, 2.45) is 0 Å². The van der Waals surface area contributed by atoms with Gasteiger partial charge in [-0.2, -0.15) is 0 Å². The van der Waals surface area contributed by atoms with Crippen LogP contribution < -0.4 is 9.47 Å². The van der Waals surface area contributed by atoms with Gasteiger partial charge in [-0.1, -0.05) is 23.2 Å². The fourth-order valence-corrected chi connectivity index (χ4v) is 5.26. The van der Waals surface area contributed by atoms with Gasteiger partial charge in [-0.25, -0.2) is 9.19 Å². The van der Waals surface area contributed by atoms with E-state index in [1.165, 1.54) is 26.0 Å². The third-order valence-corrected chi connectivity index (χ3v) is 7.15. The number of aromatic nitrogens is 2. The molecule has 1 aromatic heterocycles. The van der Waals surface area contributed by atoms with Crippen molar-refractivity contribution in [2.45, 2.75) is 42.4 Å². The highest BCUT2D eigenvalue weighted by Gasteiger charge is 2.18. The van der Waals surface area contributed by atoms with Gasteiger partial charge < -0.3 is 23.5 Å². The van der Waals surface area contributed by atoms with E-state index in [-0.39, 0.29) is 34.9 Å². The summed E-state index contributed by atoms with van der Waals surface area (Å²) in [6.45, 7) is 3.06. The maximum Gasteiger partial charge on any atom is 0.303 e. The van der Waals surface area contributed by atoms with Crippen LogP contribution in [0.5, 0.6) is 11.5 Å². The SMILES string of the molecule is CC(=O)OC(CCl)COc1c(Cl)cc(S(=O)c2ccc(OC[C@@H](Cn3ccnc3)OC(C)=O)cc2)cc1Cl. The Kier molecular flexibility index (Phi) is 11.3. The highest BCUT2D eigenvalue weighted by atomic mass is 35.5. The van der Waals surface area contributed by atoms with Crippen molar-refractivity contribution in [3.05, 3.63) is 65.2 Å². The zero-order chi connectivity index (χ0) is 27.7. The van der Waals surface area contributed by atoms with Crippen LogP contribution in [0.25, 0.3) is 0 Å². The van der Waals surface area contributed by atoms with E-state index in [1.807, 2.05) is 0 Å². The van der Waals surface area contributed by atoms with Crippen LogP contribution in [0.1, 0.15) is 13.8 Å². The summed E-state index contributed by atoms with van der Waals surface area (Å²) in [5.41, 5.74) is 0. The predicted molar refractivity (Wildman–Crippen MR) is 143 cm³/mol. The molecule has 0 spiro atoms.